The number of hydrogen-bond acceptors (Lipinski definition) is 2. The molecule has 0 radical (unpaired) electrons. The van der Waals surface area contributed by atoms with E-state index in [2.05, 4.69) is 39.9 Å². The molecule has 0 saturated carbocycles. The first kappa shape index (κ1) is 15.9. The predicted octanol–water partition coefficient (Wildman–Crippen LogP) is 3.61. The van der Waals surface area contributed by atoms with Crippen molar-refractivity contribution in [2.75, 3.05) is 13.7 Å². The number of hydrogen-bond donors (Lipinski definition) is 1. The van der Waals surface area contributed by atoms with Gasteiger partial charge in [-0.1, -0.05) is 33.6 Å². The van der Waals surface area contributed by atoms with E-state index in [0.29, 0.717) is 6.04 Å². The van der Waals surface area contributed by atoms with Gasteiger partial charge in [-0.15, -0.1) is 0 Å². The van der Waals surface area contributed by atoms with Gasteiger partial charge < -0.3 is 10.1 Å². The molecule has 0 aliphatic heterocycles. The Bertz CT molecular complexity index is 168. The molecule has 16 heavy (non-hydrogen) atoms. The standard InChI is InChI=1S/C14H31NO/c1-7-9-12(3)11-13(15-10-8-2)14(4,5)16-6/h12-13,15H,7-11H2,1-6H3. The van der Waals surface area contributed by atoms with E-state index >= 15 is 0 Å². The summed E-state index contributed by atoms with van der Waals surface area (Å²) in [6.45, 7) is 12.2. The molecule has 0 fully saturated rings. The third-order valence-electron chi connectivity index (χ3n) is 3.43. The molecule has 0 aromatic rings. The van der Waals surface area contributed by atoms with Crippen LogP contribution < -0.4 is 5.32 Å². The predicted molar refractivity (Wildman–Crippen MR) is 71.9 cm³/mol. The van der Waals surface area contributed by atoms with Crippen LogP contribution in [0.15, 0.2) is 0 Å². The van der Waals surface area contributed by atoms with Gasteiger partial charge in [0.2, 0.25) is 0 Å². The van der Waals surface area contributed by atoms with Crippen LogP contribution in [0.1, 0.15) is 60.3 Å². The highest BCUT2D eigenvalue weighted by Crippen LogP contribution is 2.22. The molecule has 0 rings (SSSR count). The van der Waals surface area contributed by atoms with E-state index in [1.54, 1.807) is 0 Å². The Morgan fingerprint density at radius 1 is 1.19 bits per heavy atom. The molecular weight excluding hydrogens is 198 g/mol. The molecule has 0 heterocycles. The first-order valence-electron chi connectivity index (χ1n) is 6.76. The van der Waals surface area contributed by atoms with E-state index < -0.39 is 0 Å². The Hall–Kier alpha value is -0.0800. The van der Waals surface area contributed by atoms with Crippen LogP contribution >= 0.6 is 0 Å². The molecule has 0 spiro atoms. The van der Waals surface area contributed by atoms with Crippen molar-refractivity contribution < 1.29 is 4.74 Å². The smallest absolute Gasteiger partial charge is 0.0775 e. The number of methoxy groups -OCH3 is 1. The van der Waals surface area contributed by atoms with Crippen LogP contribution in [-0.2, 0) is 4.74 Å². The SMILES string of the molecule is CCCNC(CC(C)CCC)C(C)(C)OC. The van der Waals surface area contributed by atoms with Crippen molar-refractivity contribution in [3.8, 4) is 0 Å². The van der Waals surface area contributed by atoms with Crippen molar-refractivity contribution in [3.63, 3.8) is 0 Å². The fourth-order valence-corrected chi connectivity index (χ4v) is 2.09. The lowest BCUT2D eigenvalue weighted by molar-refractivity contribution is -0.0165. The lowest BCUT2D eigenvalue weighted by Gasteiger charge is -2.35. The molecule has 0 aliphatic carbocycles. The first-order valence-corrected chi connectivity index (χ1v) is 6.76. The molecule has 2 unspecified atom stereocenters. The van der Waals surface area contributed by atoms with E-state index in [1.165, 1.54) is 25.7 Å². The molecule has 0 aliphatic rings. The number of ether oxygens (including phenoxy) is 1. The van der Waals surface area contributed by atoms with Crippen molar-refractivity contribution in [3.05, 3.63) is 0 Å². The van der Waals surface area contributed by atoms with Crippen molar-refractivity contribution in [2.45, 2.75) is 71.9 Å². The Kier molecular flexibility index (Phi) is 8.04. The van der Waals surface area contributed by atoms with Crippen LogP contribution in [0, 0.1) is 5.92 Å². The molecule has 0 aromatic heterocycles. The minimum absolute atomic E-state index is 0.0723. The summed E-state index contributed by atoms with van der Waals surface area (Å²) in [5.41, 5.74) is -0.0723. The zero-order valence-corrected chi connectivity index (χ0v) is 12.1. The Morgan fingerprint density at radius 2 is 1.81 bits per heavy atom. The summed E-state index contributed by atoms with van der Waals surface area (Å²) < 4.78 is 5.61. The van der Waals surface area contributed by atoms with Gasteiger partial charge in [0, 0.05) is 13.2 Å². The average molecular weight is 229 g/mol. The minimum Gasteiger partial charge on any atom is -0.377 e. The molecule has 98 valence electrons. The van der Waals surface area contributed by atoms with Crippen molar-refractivity contribution in [1.29, 1.82) is 0 Å². The highest BCUT2D eigenvalue weighted by Gasteiger charge is 2.29. The summed E-state index contributed by atoms with van der Waals surface area (Å²) in [5, 5.41) is 3.62. The molecule has 0 bridgehead atoms. The summed E-state index contributed by atoms with van der Waals surface area (Å²) in [4.78, 5) is 0. The maximum absolute atomic E-state index is 5.61. The van der Waals surface area contributed by atoms with Gasteiger partial charge in [-0.25, -0.2) is 0 Å². The molecule has 1 N–H and O–H groups in total. The molecule has 2 atom stereocenters. The van der Waals surface area contributed by atoms with E-state index in [1.807, 2.05) is 7.11 Å². The van der Waals surface area contributed by atoms with Crippen LogP contribution in [0.2, 0.25) is 0 Å². The second kappa shape index (κ2) is 8.08. The molecule has 2 heteroatoms. The zero-order chi connectivity index (χ0) is 12.6. The molecule has 0 amide bonds. The summed E-state index contributed by atoms with van der Waals surface area (Å²) >= 11 is 0. The first-order chi connectivity index (χ1) is 7.47. The molecular formula is C14H31NO. The van der Waals surface area contributed by atoms with Crippen molar-refractivity contribution in [1.82, 2.24) is 5.32 Å². The van der Waals surface area contributed by atoms with Gasteiger partial charge in [-0.3, -0.25) is 0 Å². The Balaban J connectivity index is 4.30. The van der Waals surface area contributed by atoms with Gasteiger partial charge in [0.05, 0.1) is 5.60 Å². The van der Waals surface area contributed by atoms with E-state index in [-0.39, 0.29) is 5.60 Å². The Morgan fingerprint density at radius 3 is 2.25 bits per heavy atom. The number of rotatable bonds is 9. The molecule has 2 nitrogen and oxygen atoms in total. The van der Waals surface area contributed by atoms with E-state index in [0.717, 1.165) is 12.5 Å². The van der Waals surface area contributed by atoms with Crippen LogP contribution in [0.5, 0.6) is 0 Å². The van der Waals surface area contributed by atoms with Crippen LogP contribution in [-0.4, -0.2) is 25.3 Å². The third kappa shape index (κ3) is 5.86. The number of nitrogens with one attached hydrogen (secondary N) is 1. The quantitative estimate of drug-likeness (QED) is 0.652. The van der Waals surface area contributed by atoms with Gasteiger partial charge >= 0.3 is 0 Å². The third-order valence-corrected chi connectivity index (χ3v) is 3.43. The lowest BCUT2D eigenvalue weighted by atomic mass is 9.88. The molecule has 0 aromatic carbocycles. The van der Waals surface area contributed by atoms with Crippen LogP contribution in [0.3, 0.4) is 0 Å². The topological polar surface area (TPSA) is 21.3 Å². The minimum atomic E-state index is -0.0723. The largest absolute Gasteiger partial charge is 0.377 e. The van der Waals surface area contributed by atoms with Gasteiger partial charge in [0.25, 0.3) is 0 Å². The van der Waals surface area contributed by atoms with Crippen LogP contribution in [0.25, 0.3) is 0 Å². The van der Waals surface area contributed by atoms with E-state index in [9.17, 15) is 0 Å². The van der Waals surface area contributed by atoms with Gasteiger partial charge in [0.15, 0.2) is 0 Å². The highest BCUT2D eigenvalue weighted by molar-refractivity contribution is 4.86. The molecule has 0 saturated heterocycles. The summed E-state index contributed by atoms with van der Waals surface area (Å²) in [7, 11) is 1.81. The maximum atomic E-state index is 5.61. The maximum Gasteiger partial charge on any atom is 0.0775 e. The summed E-state index contributed by atoms with van der Waals surface area (Å²) in [5.74, 6) is 0.772. The van der Waals surface area contributed by atoms with Crippen LogP contribution in [0.4, 0.5) is 0 Å². The highest BCUT2D eigenvalue weighted by atomic mass is 16.5. The fraction of sp³-hybridized carbons (Fsp3) is 1.00. The van der Waals surface area contributed by atoms with E-state index in [4.69, 9.17) is 4.74 Å². The van der Waals surface area contributed by atoms with Gasteiger partial charge in [-0.2, -0.15) is 0 Å². The monoisotopic (exact) mass is 229 g/mol. The normalized spacial score (nSPS) is 16.1. The lowest BCUT2D eigenvalue weighted by Crippen LogP contribution is -2.49. The van der Waals surface area contributed by atoms with Crippen molar-refractivity contribution in [2.24, 2.45) is 5.92 Å². The van der Waals surface area contributed by atoms with Gasteiger partial charge in [0.1, 0.15) is 0 Å². The summed E-state index contributed by atoms with van der Waals surface area (Å²) in [6.07, 6.45) is 4.96. The average Bonchev–Trinajstić information content (AvgIpc) is 2.24. The summed E-state index contributed by atoms with van der Waals surface area (Å²) in [6, 6.07) is 0.457. The second-order valence-corrected chi connectivity index (χ2v) is 5.44. The Labute approximate surface area is 102 Å². The van der Waals surface area contributed by atoms with Gasteiger partial charge in [-0.05, 0) is 39.2 Å². The zero-order valence-electron chi connectivity index (χ0n) is 12.1. The fourth-order valence-electron chi connectivity index (χ4n) is 2.09. The van der Waals surface area contributed by atoms with Crippen molar-refractivity contribution >= 4 is 0 Å². The second-order valence-electron chi connectivity index (χ2n) is 5.44.